The molecule has 2 aliphatic heterocycles. The van der Waals surface area contributed by atoms with Gasteiger partial charge in [0, 0.05) is 50.0 Å². The predicted octanol–water partition coefficient (Wildman–Crippen LogP) is 3.16. The quantitative estimate of drug-likeness (QED) is 0.815. The number of aryl methyl sites for hydroxylation is 2. The molecule has 2 aliphatic rings. The van der Waals surface area contributed by atoms with Crippen LogP contribution in [0.1, 0.15) is 54.2 Å². The molecule has 2 fully saturated rings. The molecule has 1 aromatic heterocycles. The second kappa shape index (κ2) is 8.67. The average Bonchev–Trinajstić information content (AvgIpc) is 3.32. The summed E-state index contributed by atoms with van der Waals surface area (Å²) < 4.78 is 8.48. The maximum absolute atomic E-state index is 12.3. The van der Waals surface area contributed by atoms with Gasteiger partial charge in [-0.05, 0) is 51.7 Å². The van der Waals surface area contributed by atoms with Crippen LogP contribution in [0.5, 0.6) is 0 Å². The predicted molar refractivity (Wildman–Crippen MR) is 113 cm³/mol. The van der Waals surface area contributed by atoms with E-state index < -0.39 is 0 Å². The Morgan fingerprint density at radius 3 is 2.69 bits per heavy atom. The molecule has 0 saturated carbocycles. The zero-order chi connectivity index (χ0) is 20.3. The standard InChI is InChI=1S/C23H32N4O2/c1-3-27-17-20(18(2)25-27)16-26-13-11-23(12-14-26)10-9-21(29-23)15-24-22(28)19-7-5-4-6-8-19/h4-8,17,21H,3,9-16H2,1-2H3,(H,24,28). The molecule has 1 amide bonds. The van der Waals surface area contributed by atoms with Crippen molar-refractivity contribution < 1.29 is 9.53 Å². The smallest absolute Gasteiger partial charge is 0.251 e. The van der Waals surface area contributed by atoms with Gasteiger partial charge in [-0.15, -0.1) is 0 Å². The van der Waals surface area contributed by atoms with Crippen LogP contribution in [-0.4, -0.2) is 51.9 Å². The number of carbonyl (C=O) groups excluding carboxylic acids is 1. The minimum atomic E-state index is -0.0204. The molecule has 1 N–H and O–H groups in total. The molecule has 1 aromatic carbocycles. The van der Waals surface area contributed by atoms with E-state index in [9.17, 15) is 4.79 Å². The number of hydrogen-bond acceptors (Lipinski definition) is 4. The second-order valence-electron chi connectivity index (χ2n) is 8.41. The van der Waals surface area contributed by atoms with Crippen molar-refractivity contribution in [2.45, 2.75) is 64.3 Å². The number of hydrogen-bond donors (Lipinski definition) is 1. The van der Waals surface area contributed by atoms with Gasteiger partial charge < -0.3 is 10.1 Å². The van der Waals surface area contributed by atoms with E-state index in [-0.39, 0.29) is 17.6 Å². The molecule has 0 radical (unpaired) electrons. The van der Waals surface area contributed by atoms with Gasteiger partial charge in [-0.3, -0.25) is 14.4 Å². The summed E-state index contributed by atoms with van der Waals surface area (Å²) >= 11 is 0. The summed E-state index contributed by atoms with van der Waals surface area (Å²) in [6.45, 7) is 8.81. The van der Waals surface area contributed by atoms with E-state index in [1.807, 2.05) is 35.0 Å². The first-order valence-corrected chi connectivity index (χ1v) is 10.8. The summed E-state index contributed by atoms with van der Waals surface area (Å²) in [4.78, 5) is 14.8. The largest absolute Gasteiger partial charge is 0.370 e. The number of ether oxygens (including phenoxy) is 1. The van der Waals surface area contributed by atoms with Crippen LogP contribution in [0.25, 0.3) is 0 Å². The Kier molecular flexibility index (Phi) is 6.01. The molecule has 1 spiro atoms. The molecular formula is C23H32N4O2. The van der Waals surface area contributed by atoms with Gasteiger partial charge in [0.1, 0.15) is 0 Å². The fourth-order valence-corrected chi connectivity index (χ4v) is 4.54. The fourth-order valence-electron chi connectivity index (χ4n) is 4.54. The van der Waals surface area contributed by atoms with Crippen molar-refractivity contribution in [3.63, 3.8) is 0 Å². The van der Waals surface area contributed by atoms with Crippen molar-refractivity contribution in [3.05, 3.63) is 53.3 Å². The number of rotatable bonds is 6. The van der Waals surface area contributed by atoms with Crippen LogP contribution in [0.15, 0.2) is 36.5 Å². The number of piperidine rings is 1. The molecule has 3 heterocycles. The maximum Gasteiger partial charge on any atom is 0.251 e. The van der Waals surface area contributed by atoms with E-state index in [4.69, 9.17) is 4.74 Å². The third kappa shape index (κ3) is 4.70. The molecule has 1 unspecified atom stereocenters. The molecule has 0 bridgehead atoms. The highest BCUT2D eigenvalue weighted by molar-refractivity contribution is 5.94. The van der Waals surface area contributed by atoms with E-state index in [0.717, 1.165) is 57.6 Å². The molecule has 6 nitrogen and oxygen atoms in total. The zero-order valence-corrected chi connectivity index (χ0v) is 17.6. The van der Waals surface area contributed by atoms with Crippen molar-refractivity contribution >= 4 is 5.91 Å². The summed E-state index contributed by atoms with van der Waals surface area (Å²) in [5.41, 5.74) is 3.17. The number of aromatic nitrogens is 2. The van der Waals surface area contributed by atoms with E-state index in [0.29, 0.717) is 12.1 Å². The van der Waals surface area contributed by atoms with Crippen LogP contribution in [-0.2, 0) is 17.8 Å². The van der Waals surface area contributed by atoms with Crippen LogP contribution in [0.4, 0.5) is 0 Å². The molecule has 4 rings (SSSR count). The second-order valence-corrected chi connectivity index (χ2v) is 8.41. The highest BCUT2D eigenvalue weighted by Crippen LogP contribution is 2.39. The van der Waals surface area contributed by atoms with Crippen LogP contribution in [0.3, 0.4) is 0 Å². The summed E-state index contributed by atoms with van der Waals surface area (Å²) in [7, 11) is 0. The maximum atomic E-state index is 12.3. The molecule has 2 aromatic rings. The number of nitrogens with zero attached hydrogens (tertiary/aromatic N) is 3. The number of amides is 1. The Labute approximate surface area is 173 Å². The number of nitrogens with one attached hydrogen (secondary N) is 1. The van der Waals surface area contributed by atoms with Crippen LogP contribution in [0.2, 0.25) is 0 Å². The lowest BCUT2D eigenvalue weighted by Crippen LogP contribution is -2.44. The molecular weight excluding hydrogens is 364 g/mol. The monoisotopic (exact) mass is 396 g/mol. The first-order chi connectivity index (χ1) is 14.1. The molecule has 1 atom stereocenters. The van der Waals surface area contributed by atoms with Gasteiger partial charge in [-0.25, -0.2) is 0 Å². The Balaban J connectivity index is 1.24. The zero-order valence-electron chi connectivity index (χ0n) is 17.6. The van der Waals surface area contributed by atoms with Gasteiger partial charge in [0.15, 0.2) is 0 Å². The number of likely N-dealkylation sites (tertiary alicyclic amines) is 1. The molecule has 0 aliphatic carbocycles. The van der Waals surface area contributed by atoms with Crippen LogP contribution in [0, 0.1) is 6.92 Å². The lowest BCUT2D eigenvalue weighted by atomic mass is 9.88. The van der Waals surface area contributed by atoms with E-state index >= 15 is 0 Å². The first-order valence-electron chi connectivity index (χ1n) is 10.8. The Morgan fingerprint density at radius 1 is 1.24 bits per heavy atom. The van der Waals surface area contributed by atoms with Crippen molar-refractivity contribution in [2.24, 2.45) is 0 Å². The van der Waals surface area contributed by atoms with Gasteiger partial charge in [-0.2, -0.15) is 5.10 Å². The molecule has 29 heavy (non-hydrogen) atoms. The fraction of sp³-hybridized carbons (Fsp3) is 0.565. The van der Waals surface area contributed by atoms with Crippen molar-refractivity contribution in [2.75, 3.05) is 19.6 Å². The van der Waals surface area contributed by atoms with Gasteiger partial charge >= 0.3 is 0 Å². The highest BCUT2D eigenvalue weighted by Gasteiger charge is 2.42. The lowest BCUT2D eigenvalue weighted by molar-refractivity contribution is -0.0764. The average molecular weight is 397 g/mol. The van der Waals surface area contributed by atoms with E-state index in [1.54, 1.807) is 0 Å². The Bertz CT molecular complexity index is 825. The van der Waals surface area contributed by atoms with E-state index in [2.05, 4.69) is 35.4 Å². The highest BCUT2D eigenvalue weighted by atomic mass is 16.5. The Morgan fingerprint density at radius 2 is 2.00 bits per heavy atom. The molecule has 156 valence electrons. The summed E-state index contributed by atoms with van der Waals surface area (Å²) in [6.07, 6.45) is 6.56. The van der Waals surface area contributed by atoms with Gasteiger partial charge in [0.05, 0.1) is 17.4 Å². The van der Waals surface area contributed by atoms with Gasteiger partial charge in [0.2, 0.25) is 0 Å². The summed E-state index contributed by atoms with van der Waals surface area (Å²) in [5.74, 6) is -0.0204. The summed E-state index contributed by atoms with van der Waals surface area (Å²) in [6, 6.07) is 9.38. The minimum Gasteiger partial charge on any atom is -0.370 e. The Hall–Kier alpha value is -2.18. The topological polar surface area (TPSA) is 59.4 Å². The summed E-state index contributed by atoms with van der Waals surface area (Å²) in [5, 5.41) is 7.60. The molecule has 6 heteroatoms. The lowest BCUT2D eigenvalue weighted by Gasteiger charge is -2.39. The van der Waals surface area contributed by atoms with Gasteiger partial charge in [-0.1, -0.05) is 18.2 Å². The van der Waals surface area contributed by atoms with Crippen molar-refractivity contribution in [3.8, 4) is 0 Å². The number of benzene rings is 1. The number of carbonyl (C=O) groups is 1. The van der Waals surface area contributed by atoms with Crippen molar-refractivity contribution in [1.82, 2.24) is 20.0 Å². The SMILES string of the molecule is CCn1cc(CN2CCC3(CCC(CNC(=O)c4ccccc4)O3)CC2)c(C)n1. The van der Waals surface area contributed by atoms with E-state index in [1.165, 1.54) is 5.56 Å². The first kappa shape index (κ1) is 20.1. The minimum absolute atomic E-state index is 0.00128. The third-order valence-corrected chi connectivity index (χ3v) is 6.40. The molecule has 2 saturated heterocycles. The van der Waals surface area contributed by atoms with Gasteiger partial charge in [0.25, 0.3) is 5.91 Å². The van der Waals surface area contributed by atoms with Crippen LogP contribution >= 0.6 is 0 Å². The third-order valence-electron chi connectivity index (χ3n) is 6.40. The van der Waals surface area contributed by atoms with Crippen molar-refractivity contribution in [1.29, 1.82) is 0 Å². The van der Waals surface area contributed by atoms with Crippen LogP contribution < -0.4 is 5.32 Å². The normalized spacial score (nSPS) is 21.5.